The number of aromatic nitrogens is 6. The zero-order valence-electron chi connectivity index (χ0n) is 82.3. The number of nitrogens with zero attached hydrogens (tertiary/aromatic N) is 7. The van der Waals surface area contributed by atoms with Crippen molar-refractivity contribution in [2.45, 2.75) is 123 Å². The minimum absolute atomic E-state index is 0. The van der Waals surface area contributed by atoms with Crippen molar-refractivity contribution in [3.8, 4) is 78.7 Å². The van der Waals surface area contributed by atoms with Gasteiger partial charge in [-0.15, -0.1) is 242 Å². The number of aliphatic hydroxyl groups excluding tert-OH is 3. The number of aliphatic hydroxyl groups is 3. The van der Waals surface area contributed by atoms with E-state index >= 15 is 0 Å². The van der Waals surface area contributed by atoms with E-state index in [0.717, 1.165) is 118 Å². The van der Waals surface area contributed by atoms with E-state index in [-0.39, 0.29) is 136 Å². The van der Waals surface area contributed by atoms with E-state index in [4.69, 9.17) is 30.3 Å². The quantitative estimate of drug-likeness (QED) is 0.0325. The van der Waals surface area contributed by atoms with Crippen LogP contribution >= 0.6 is 0 Å². The summed E-state index contributed by atoms with van der Waals surface area (Å²) < 4.78 is 0. The van der Waals surface area contributed by atoms with Crippen LogP contribution in [0.1, 0.15) is 97.2 Å². The number of rotatable bonds is 13. The predicted octanol–water partition coefficient (Wildman–Crippen LogP) is 29.5. The zero-order valence-corrected chi connectivity index (χ0v) is 95.1. The molecule has 0 unspecified atom stereocenters. The number of hydrogen-bond acceptors (Lipinski definition) is 13. The van der Waals surface area contributed by atoms with Gasteiger partial charge in [-0.25, -0.2) is 0 Å². The smallest absolute Gasteiger partial charge is 0.512 e. The minimum atomic E-state index is -1.28. The number of fused-ring (bicyclic) bond motifs is 4. The molecule has 18 aromatic rings. The average molecular weight is 2770 g/mol. The monoisotopic (exact) mass is 2770 g/mol. The summed E-state index contributed by atoms with van der Waals surface area (Å²) in [6.45, 7) is 34.6. The number of carbonyl (C=O) groups is 3. The number of carbonyl (C=O) groups excluding carboxylic acids is 3. The van der Waals surface area contributed by atoms with E-state index < -0.39 is 8.07 Å². The van der Waals surface area contributed by atoms with Gasteiger partial charge in [0.05, 0.1) is 36.4 Å². The molecular formula is C122H114Ir4N7O6PtSi-5. The molecule has 4 radical (unpaired) electrons. The van der Waals surface area contributed by atoms with Crippen LogP contribution < -0.4 is 5.19 Å². The number of aryl methyl sites for hydroxylation is 9. The third-order valence-corrected chi connectivity index (χ3v) is 22.6. The molecule has 0 atom stereocenters. The van der Waals surface area contributed by atoms with E-state index in [1.54, 1.807) is 12.4 Å². The molecule has 6 heterocycles. The van der Waals surface area contributed by atoms with Crippen molar-refractivity contribution in [2.24, 2.45) is 4.99 Å². The number of aliphatic imine (C=N–C) groups is 1. The van der Waals surface area contributed by atoms with Gasteiger partial charge in [-0.2, -0.15) is 0 Å². The maximum atomic E-state index is 10.0. The van der Waals surface area contributed by atoms with Crippen molar-refractivity contribution in [3.63, 3.8) is 0 Å². The van der Waals surface area contributed by atoms with Crippen LogP contribution in [-0.2, 0) is 116 Å². The first-order chi connectivity index (χ1) is 65.2. The van der Waals surface area contributed by atoms with Crippen molar-refractivity contribution < 1.29 is 131 Å². The van der Waals surface area contributed by atoms with Crippen molar-refractivity contribution in [3.05, 3.63) is 456 Å². The van der Waals surface area contributed by atoms with Crippen LogP contribution in [0.15, 0.2) is 363 Å². The summed E-state index contributed by atoms with van der Waals surface area (Å²) in [6, 6.07) is 124. The van der Waals surface area contributed by atoms with Crippen LogP contribution in [0.2, 0.25) is 19.6 Å². The number of hydrogen-bond donors (Lipinski definition) is 3. The van der Waals surface area contributed by atoms with Gasteiger partial charge >= 0.3 is 21.1 Å². The van der Waals surface area contributed by atoms with E-state index in [9.17, 15) is 14.4 Å². The summed E-state index contributed by atoms with van der Waals surface area (Å²) in [7, 11) is -1.28. The maximum absolute atomic E-state index is 10.0. The Morgan fingerprint density at radius 1 is 0.340 bits per heavy atom. The first-order valence-corrected chi connectivity index (χ1v) is 48.2. The molecule has 0 fully saturated rings. The van der Waals surface area contributed by atoms with E-state index in [1.807, 2.05) is 182 Å². The molecule has 0 aliphatic heterocycles. The Bertz CT molecular complexity index is 7070. The third-order valence-electron chi connectivity index (χ3n) is 20.5. The molecule has 0 saturated heterocycles. The molecule has 141 heavy (non-hydrogen) atoms. The number of ketones is 3. The van der Waals surface area contributed by atoms with E-state index in [0.29, 0.717) is 0 Å². The molecule has 0 aliphatic rings. The van der Waals surface area contributed by atoms with E-state index in [2.05, 4.69) is 278 Å². The molecular weight excluding hydrogens is 2650 g/mol. The predicted molar refractivity (Wildman–Crippen MR) is 566 cm³/mol. The van der Waals surface area contributed by atoms with Gasteiger partial charge in [-0.05, 0) is 165 Å². The molecule has 0 saturated carbocycles. The van der Waals surface area contributed by atoms with Gasteiger partial charge in [0.25, 0.3) is 0 Å². The molecule has 0 amide bonds. The molecule has 18 rings (SSSR count). The Morgan fingerprint density at radius 2 is 0.809 bits per heavy atom. The van der Waals surface area contributed by atoms with Crippen LogP contribution in [-0.4, -0.2) is 76.9 Å². The van der Waals surface area contributed by atoms with Crippen molar-refractivity contribution in [1.29, 1.82) is 0 Å². The standard InChI is InChI=1S/C24H16N2.C20H22NSi.C19H18N.C18H16N.C15H10N.C11H8N.3C5H8O2.4Ir.Pt/c1-2-10-20(11-3-1)22-13-4-5-15-24(22)26-18-19-9-8-12-21(17-19)23-14-6-7-16-25-23;1-14-10-15(2)12-17(11-14)20-8-6-16-13-18(22(3,4)5)7-9-19(16)21-20;1-12-5-6-17-15(4)11-18(20-19(17)10-12)16-8-13(2)7-14(3)9-16;1-12-8-13(2)10-16(9-12)18-14(3)17-7-5-4-6-15(17)11-19-18;1-2-6-12(7-3-1)15-10-13-8-4-5-9-14(13)11-16-15;1-2-6-10(7-3-1)11-8-4-5-9-12-11;3*1-4(6)3-5(2)7;;;;;/h1-10,12-16,18H;6-11,13H,1-5H3;5-8,10-11H,1-4H3;4-9,11H,1-3H3;1-6,8-11H;1-6,8-9H;3*3,6H,1-2H3;;;;;/q-2;5*-1;;;;;;;;+2. The van der Waals surface area contributed by atoms with Crippen LogP contribution in [0.3, 0.4) is 0 Å². The number of benzene rings is 12. The Labute approximate surface area is 901 Å². The van der Waals surface area contributed by atoms with Gasteiger partial charge in [0.2, 0.25) is 0 Å². The Hall–Kier alpha value is -12.6. The second kappa shape index (κ2) is 59.8. The molecule has 3 N–H and O–H groups in total. The molecule has 13 nitrogen and oxygen atoms in total. The number of para-hydroxylation sites is 1. The zero-order chi connectivity index (χ0) is 97.8. The molecule has 12 aromatic carbocycles. The number of allylic oxidation sites excluding steroid dienone is 6. The molecule has 19 heteroatoms. The van der Waals surface area contributed by atoms with Gasteiger partial charge in [0, 0.05) is 140 Å². The fourth-order valence-corrected chi connectivity index (χ4v) is 15.7. The van der Waals surface area contributed by atoms with Gasteiger partial charge in [-0.1, -0.05) is 223 Å². The normalized spacial score (nSPS) is 10.6. The fraction of sp³-hybridized carbons (Fsp3) is 0.148. The summed E-state index contributed by atoms with van der Waals surface area (Å²) in [5.41, 5.74) is 29.2. The summed E-state index contributed by atoms with van der Waals surface area (Å²) in [5.74, 6) is -0.187. The topological polar surface area (TPSA) is 202 Å². The largest absolute Gasteiger partial charge is 2.00 e. The second-order valence-electron chi connectivity index (χ2n) is 33.9. The van der Waals surface area contributed by atoms with Gasteiger partial charge in [0.1, 0.15) is 0 Å². The molecule has 0 aliphatic carbocycles. The summed E-state index contributed by atoms with van der Waals surface area (Å²) in [4.78, 5) is 62.1. The Morgan fingerprint density at radius 3 is 1.33 bits per heavy atom. The fourth-order valence-electron chi connectivity index (χ4n) is 14.6. The molecule has 728 valence electrons. The van der Waals surface area contributed by atoms with Crippen LogP contribution in [0, 0.1) is 105 Å². The Kier molecular flexibility index (Phi) is 50.5. The summed E-state index contributed by atoms with van der Waals surface area (Å²) in [6.07, 6.45) is 12.8. The van der Waals surface area contributed by atoms with Crippen molar-refractivity contribution in [2.75, 3.05) is 0 Å². The molecule has 0 spiro atoms. The SMILES string of the molecule is CC(=O)C=C(C)O.CC(=O)C=C(C)O.CC(=O)C=C(C)O.Cc1[c-]c(-c2cc(C)c3ccc(C)cc3n2)cc(C)c1.Cc1[c-]c(-c2ccc3cc([Si](C)(C)C)ccc3n2)cc(C)c1.Cc1[c-]c(-c2ncc3ccccc3c2C)cc(C)c1.[Ir].[Ir].[Ir].[Ir].[Pt+2].[c-]1c(C=Nc2ccccc2-c2[c-]cccc2)cccc1-c1ccccn1.[c-]1ccccc1-c1cc2ccccc2cn1.[c-]1ccccc1-c1ccccn1. The average Bonchev–Trinajstić information content (AvgIpc) is 0.787. The van der Waals surface area contributed by atoms with Crippen LogP contribution in [0.4, 0.5) is 5.69 Å². The maximum Gasteiger partial charge on any atom is 2.00 e. The van der Waals surface area contributed by atoms with E-state index in [1.165, 1.54) is 131 Å². The van der Waals surface area contributed by atoms with Gasteiger partial charge < -0.3 is 35.3 Å². The Balaban J connectivity index is 0.000000287. The molecule has 0 bridgehead atoms. The molecule has 6 aromatic heterocycles. The first-order valence-electron chi connectivity index (χ1n) is 44.7. The summed E-state index contributed by atoms with van der Waals surface area (Å²) in [5, 5.41) is 33.9. The second-order valence-corrected chi connectivity index (χ2v) is 39.0. The third kappa shape index (κ3) is 39.1. The van der Waals surface area contributed by atoms with Crippen LogP contribution in [0.5, 0.6) is 0 Å². The van der Waals surface area contributed by atoms with Gasteiger partial charge in [0.15, 0.2) is 17.3 Å². The summed E-state index contributed by atoms with van der Waals surface area (Å²) >= 11 is 0. The first kappa shape index (κ1) is 119. The minimum Gasteiger partial charge on any atom is -0.512 e. The van der Waals surface area contributed by atoms with Crippen LogP contribution in [0.25, 0.3) is 122 Å². The van der Waals surface area contributed by atoms with Crippen molar-refractivity contribution in [1.82, 2.24) is 29.9 Å². The van der Waals surface area contributed by atoms with Gasteiger partial charge in [-0.3, -0.25) is 29.3 Å². The number of pyridine rings is 6. The van der Waals surface area contributed by atoms with Crippen molar-refractivity contribution >= 4 is 85.9 Å².